The van der Waals surface area contributed by atoms with Crippen LogP contribution in [0.4, 0.5) is 4.39 Å². The fraction of sp³-hybridized carbons (Fsp3) is 0.273. The molecule has 0 spiro atoms. The molecule has 0 fully saturated rings. The Morgan fingerprint density at radius 2 is 2.33 bits per heavy atom. The van der Waals surface area contributed by atoms with E-state index < -0.39 is 0 Å². The summed E-state index contributed by atoms with van der Waals surface area (Å²) in [6.07, 6.45) is 1.78. The lowest BCUT2D eigenvalue weighted by molar-refractivity contribution is 0.314. The van der Waals surface area contributed by atoms with E-state index in [1.54, 1.807) is 18.2 Å². The summed E-state index contributed by atoms with van der Waals surface area (Å²) in [5.74, 6) is 0.225. The molecule has 0 saturated carbocycles. The van der Waals surface area contributed by atoms with Crippen LogP contribution in [0, 0.1) is 5.82 Å². The Morgan fingerprint density at radius 3 is 3.00 bits per heavy atom. The third-order valence-corrected chi connectivity index (χ3v) is 2.37. The Bertz CT molecular complexity index is 330. The maximum atomic E-state index is 13.1. The third kappa shape index (κ3) is 4.44. The Kier molecular flexibility index (Phi) is 5.36. The Hall–Kier alpha value is -0.870. The van der Waals surface area contributed by atoms with Crippen LogP contribution in [-0.2, 0) is 0 Å². The molecule has 0 aliphatic heterocycles. The molecule has 15 heavy (non-hydrogen) atoms. The average Bonchev–Trinajstić information content (AvgIpc) is 2.23. The zero-order valence-corrected chi connectivity index (χ0v) is 9.89. The third-order valence-electron chi connectivity index (χ3n) is 1.73. The van der Waals surface area contributed by atoms with Gasteiger partial charge in [0.05, 0.1) is 4.47 Å². The number of nitrogens with one attached hydrogen (secondary N) is 1. The van der Waals surface area contributed by atoms with Crippen molar-refractivity contribution in [1.82, 2.24) is 5.32 Å². The van der Waals surface area contributed by atoms with Crippen molar-refractivity contribution in [3.63, 3.8) is 0 Å². The SMILES string of the molecule is C=CCNCCOc1ccc(Br)c(F)c1. The van der Waals surface area contributed by atoms with Crippen molar-refractivity contribution >= 4 is 15.9 Å². The number of hydrogen-bond donors (Lipinski definition) is 1. The maximum Gasteiger partial charge on any atom is 0.141 e. The Balaban J connectivity index is 2.31. The molecule has 0 heterocycles. The molecule has 0 aliphatic rings. The van der Waals surface area contributed by atoms with Crippen LogP contribution < -0.4 is 10.1 Å². The number of halogens is 2. The molecular formula is C11H13BrFNO. The lowest BCUT2D eigenvalue weighted by Gasteiger charge is -2.06. The van der Waals surface area contributed by atoms with Crippen LogP contribution in [0.3, 0.4) is 0 Å². The van der Waals surface area contributed by atoms with Crippen molar-refractivity contribution in [1.29, 1.82) is 0 Å². The van der Waals surface area contributed by atoms with E-state index in [0.717, 1.165) is 6.54 Å². The van der Waals surface area contributed by atoms with Crippen LogP contribution in [0.5, 0.6) is 5.75 Å². The molecular weight excluding hydrogens is 261 g/mol. The van der Waals surface area contributed by atoms with Gasteiger partial charge in [0, 0.05) is 19.2 Å². The van der Waals surface area contributed by atoms with E-state index in [-0.39, 0.29) is 5.82 Å². The van der Waals surface area contributed by atoms with E-state index in [9.17, 15) is 4.39 Å². The fourth-order valence-electron chi connectivity index (χ4n) is 1.01. The Labute approximate surface area is 97.3 Å². The molecule has 82 valence electrons. The van der Waals surface area contributed by atoms with Gasteiger partial charge in [0.15, 0.2) is 0 Å². The molecule has 1 aromatic carbocycles. The first-order chi connectivity index (χ1) is 7.24. The van der Waals surface area contributed by atoms with Gasteiger partial charge in [-0.05, 0) is 28.1 Å². The van der Waals surface area contributed by atoms with Crippen molar-refractivity contribution in [2.75, 3.05) is 19.7 Å². The van der Waals surface area contributed by atoms with Gasteiger partial charge in [-0.25, -0.2) is 4.39 Å². The molecule has 0 saturated heterocycles. The lowest BCUT2D eigenvalue weighted by atomic mass is 10.3. The molecule has 0 amide bonds. The average molecular weight is 274 g/mol. The van der Waals surface area contributed by atoms with Crippen molar-refractivity contribution in [3.8, 4) is 5.75 Å². The van der Waals surface area contributed by atoms with Crippen molar-refractivity contribution in [2.45, 2.75) is 0 Å². The van der Waals surface area contributed by atoms with Crippen molar-refractivity contribution in [3.05, 3.63) is 41.1 Å². The maximum absolute atomic E-state index is 13.1. The summed E-state index contributed by atoms with van der Waals surface area (Å²) in [5.41, 5.74) is 0. The van der Waals surface area contributed by atoms with Crippen molar-refractivity contribution in [2.24, 2.45) is 0 Å². The van der Waals surface area contributed by atoms with Crippen molar-refractivity contribution < 1.29 is 9.13 Å². The van der Waals surface area contributed by atoms with E-state index in [1.165, 1.54) is 6.07 Å². The number of ether oxygens (including phenoxy) is 1. The minimum Gasteiger partial charge on any atom is -0.492 e. The molecule has 2 nitrogen and oxygen atoms in total. The highest BCUT2D eigenvalue weighted by molar-refractivity contribution is 9.10. The standard InChI is InChI=1S/C11H13BrFNO/c1-2-5-14-6-7-15-9-3-4-10(12)11(13)8-9/h2-4,8,14H,1,5-7H2. The summed E-state index contributed by atoms with van der Waals surface area (Å²) in [4.78, 5) is 0. The minimum absolute atomic E-state index is 0.313. The van der Waals surface area contributed by atoms with Gasteiger partial charge in [-0.2, -0.15) is 0 Å². The first-order valence-corrected chi connectivity index (χ1v) is 5.43. The quantitative estimate of drug-likeness (QED) is 0.636. The molecule has 0 atom stereocenters. The second-order valence-corrected chi connectivity index (χ2v) is 3.77. The van der Waals surface area contributed by atoms with Crippen LogP contribution in [0.1, 0.15) is 0 Å². The second kappa shape index (κ2) is 6.58. The Morgan fingerprint density at radius 1 is 1.53 bits per heavy atom. The minimum atomic E-state index is -0.313. The van der Waals surface area contributed by atoms with Gasteiger partial charge in [0.25, 0.3) is 0 Å². The summed E-state index contributed by atoms with van der Waals surface area (Å²) >= 11 is 3.08. The molecule has 1 aromatic rings. The van der Waals surface area contributed by atoms with Crippen LogP contribution >= 0.6 is 15.9 Å². The van der Waals surface area contributed by atoms with Gasteiger partial charge in [0.1, 0.15) is 18.2 Å². The number of hydrogen-bond acceptors (Lipinski definition) is 2. The predicted octanol–water partition coefficient (Wildman–Crippen LogP) is 2.74. The molecule has 0 radical (unpaired) electrons. The highest BCUT2D eigenvalue weighted by atomic mass is 79.9. The lowest BCUT2D eigenvalue weighted by Crippen LogP contribution is -2.20. The highest BCUT2D eigenvalue weighted by Gasteiger charge is 2.00. The van der Waals surface area contributed by atoms with Gasteiger partial charge < -0.3 is 10.1 Å². The van der Waals surface area contributed by atoms with E-state index in [0.29, 0.717) is 23.4 Å². The van der Waals surface area contributed by atoms with E-state index in [2.05, 4.69) is 27.8 Å². The number of rotatable bonds is 6. The molecule has 0 aromatic heterocycles. The van der Waals surface area contributed by atoms with E-state index in [4.69, 9.17) is 4.74 Å². The van der Waals surface area contributed by atoms with E-state index in [1.807, 2.05) is 0 Å². The normalized spacial score (nSPS) is 10.0. The summed E-state index contributed by atoms with van der Waals surface area (Å²) < 4.78 is 18.8. The topological polar surface area (TPSA) is 21.3 Å². The first kappa shape index (κ1) is 12.2. The zero-order chi connectivity index (χ0) is 11.1. The van der Waals surface area contributed by atoms with Gasteiger partial charge in [-0.1, -0.05) is 6.08 Å². The summed E-state index contributed by atoms with van der Waals surface area (Å²) in [6, 6.07) is 4.71. The number of benzene rings is 1. The largest absolute Gasteiger partial charge is 0.492 e. The van der Waals surface area contributed by atoms with Gasteiger partial charge in [-0.3, -0.25) is 0 Å². The summed E-state index contributed by atoms with van der Waals surface area (Å²) in [7, 11) is 0. The zero-order valence-electron chi connectivity index (χ0n) is 8.30. The first-order valence-electron chi connectivity index (χ1n) is 4.63. The molecule has 1 rings (SSSR count). The molecule has 0 unspecified atom stereocenters. The summed E-state index contributed by atoms with van der Waals surface area (Å²) in [6.45, 7) is 5.55. The van der Waals surface area contributed by atoms with Gasteiger partial charge >= 0.3 is 0 Å². The van der Waals surface area contributed by atoms with Crippen LogP contribution in [0.15, 0.2) is 35.3 Å². The van der Waals surface area contributed by atoms with Crippen LogP contribution in [0.25, 0.3) is 0 Å². The molecule has 0 aliphatic carbocycles. The summed E-state index contributed by atoms with van der Waals surface area (Å²) in [5, 5.41) is 3.09. The van der Waals surface area contributed by atoms with E-state index >= 15 is 0 Å². The highest BCUT2D eigenvalue weighted by Crippen LogP contribution is 2.20. The van der Waals surface area contributed by atoms with Crippen LogP contribution in [-0.4, -0.2) is 19.7 Å². The monoisotopic (exact) mass is 273 g/mol. The van der Waals surface area contributed by atoms with Gasteiger partial charge in [-0.15, -0.1) is 6.58 Å². The second-order valence-electron chi connectivity index (χ2n) is 2.92. The van der Waals surface area contributed by atoms with Gasteiger partial charge in [0.2, 0.25) is 0 Å². The molecule has 0 bridgehead atoms. The predicted molar refractivity (Wildman–Crippen MR) is 62.7 cm³/mol. The van der Waals surface area contributed by atoms with Crippen LogP contribution in [0.2, 0.25) is 0 Å². The fourth-order valence-corrected chi connectivity index (χ4v) is 1.26. The molecule has 1 N–H and O–H groups in total. The smallest absolute Gasteiger partial charge is 0.141 e. The molecule has 4 heteroatoms.